The average Bonchev–Trinajstić information content (AvgIpc) is 3.15. The molecule has 0 aliphatic rings. The first-order valence-electron chi connectivity index (χ1n) is 9.01. The highest BCUT2D eigenvalue weighted by Gasteiger charge is 2.20. The Morgan fingerprint density at radius 3 is 2.64 bits per heavy atom. The SMILES string of the molecule is Cc1ccccc1-n1c(C)nnc1SC(C)c1nc2sc(C)c(C)c2c(=O)[nH]1. The molecular formula is C20H21N5OS2. The second-order valence-electron chi connectivity index (χ2n) is 6.83. The lowest BCUT2D eigenvalue weighted by atomic mass is 10.2. The average molecular weight is 412 g/mol. The molecule has 1 N–H and O–H groups in total. The van der Waals surface area contributed by atoms with Crippen LogP contribution in [0.3, 0.4) is 0 Å². The van der Waals surface area contributed by atoms with E-state index in [0.29, 0.717) is 11.2 Å². The molecule has 4 rings (SSSR count). The standard InChI is InChI=1S/C20H21N5OS2/c1-10-8-6-7-9-15(10)25-14(5)23-24-20(25)28-13(4)17-21-18(26)16-11(2)12(3)27-19(16)22-17/h6-9,13H,1-5H3,(H,21,22,26). The zero-order valence-corrected chi connectivity index (χ0v) is 18.0. The van der Waals surface area contributed by atoms with E-state index in [1.165, 1.54) is 11.8 Å². The molecule has 3 aromatic heterocycles. The van der Waals surface area contributed by atoms with Crippen LogP contribution >= 0.6 is 23.1 Å². The van der Waals surface area contributed by atoms with E-state index in [4.69, 9.17) is 4.98 Å². The van der Waals surface area contributed by atoms with Crippen LogP contribution in [0.25, 0.3) is 15.9 Å². The molecule has 0 fully saturated rings. The lowest BCUT2D eigenvalue weighted by molar-refractivity contribution is 0.846. The number of benzene rings is 1. The van der Waals surface area contributed by atoms with E-state index < -0.39 is 0 Å². The fourth-order valence-electron chi connectivity index (χ4n) is 3.19. The number of hydrogen-bond acceptors (Lipinski definition) is 6. The van der Waals surface area contributed by atoms with Gasteiger partial charge in [0.2, 0.25) is 0 Å². The number of hydrogen-bond donors (Lipinski definition) is 1. The van der Waals surface area contributed by atoms with Crippen molar-refractivity contribution in [1.82, 2.24) is 24.7 Å². The van der Waals surface area contributed by atoms with Crippen LogP contribution in [0.2, 0.25) is 0 Å². The second kappa shape index (κ2) is 7.18. The van der Waals surface area contributed by atoms with Crippen LogP contribution < -0.4 is 5.56 Å². The third-order valence-electron chi connectivity index (χ3n) is 4.88. The minimum atomic E-state index is -0.0779. The van der Waals surface area contributed by atoms with Crippen LogP contribution in [0.4, 0.5) is 0 Å². The van der Waals surface area contributed by atoms with Crippen molar-refractivity contribution >= 4 is 33.3 Å². The Morgan fingerprint density at radius 1 is 1.14 bits per heavy atom. The second-order valence-corrected chi connectivity index (χ2v) is 9.34. The van der Waals surface area contributed by atoms with Gasteiger partial charge in [0.25, 0.3) is 5.56 Å². The molecule has 1 unspecified atom stereocenters. The number of nitrogens with one attached hydrogen (secondary N) is 1. The van der Waals surface area contributed by atoms with Crippen LogP contribution in [0.5, 0.6) is 0 Å². The number of para-hydroxylation sites is 1. The molecule has 8 heteroatoms. The molecule has 0 aliphatic heterocycles. The highest BCUT2D eigenvalue weighted by molar-refractivity contribution is 7.99. The number of aryl methyl sites for hydroxylation is 4. The number of H-pyrrole nitrogens is 1. The number of aromatic amines is 1. The molecule has 0 saturated heterocycles. The first kappa shape index (κ1) is 18.9. The minimum absolute atomic E-state index is 0.0776. The van der Waals surface area contributed by atoms with Crippen molar-refractivity contribution in [2.24, 2.45) is 0 Å². The van der Waals surface area contributed by atoms with Crippen molar-refractivity contribution in [2.75, 3.05) is 0 Å². The molecule has 1 atom stereocenters. The van der Waals surface area contributed by atoms with Crippen molar-refractivity contribution in [3.63, 3.8) is 0 Å². The largest absolute Gasteiger partial charge is 0.309 e. The molecule has 144 valence electrons. The fraction of sp³-hybridized carbons (Fsp3) is 0.300. The smallest absolute Gasteiger partial charge is 0.259 e. The van der Waals surface area contributed by atoms with E-state index in [9.17, 15) is 4.79 Å². The van der Waals surface area contributed by atoms with Crippen molar-refractivity contribution in [3.05, 3.63) is 62.3 Å². The molecular weight excluding hydrogens is 390 g/mol. The first-order valence-corrected chi connectivity index (χ1v) is 10.7. The molecule has 3 heterocycles. The van der Waals surface area contributed by atoms with Gasteiger partial charge in [0.1, 0.15) is 16.5 Å². The van der Waals surface area contributed by atoms with Gasteiger partial charge in [-0.15, -0.1) is 21.5 Å². The van der Waals surface area contributed by atoms with Gasteiger partial charge in [-0.2, -0.15) is 0 Å². The lowest BCUT2D eigenvalue weighted by Gasteiger charge is -2.14. The third-order valence-corrected chi connectivity index (χ3v) is 7.03. The Kier molecular flexibility index (Phi) is 4.84. The maximum atomic E-state index is 12.6. The topological polar surface area (TPSA) is 76.5 Å². The van der Waals surface area contributed by atoms with E-state index >= 15 is 0 Å². The summed E-state index contributed by atoms with van der Waals surface area (Å²) in [6, 6.07) is 8.15. The van der Waals surface area contributed by atoms with Crippen molar-refractivity contribution in [2.45, 2.75) is 45.0 Å². The summed E-state index contributed by atoms with van der Waals surface area (Å²) in [7, 11) is 0. The molecule has 0 spiro atoms. The Balaban J connectivity index is 1.72. The van der Waals surface area contributed by atoms with Gasteiger partial charge in [0, 0.05) is 4.88 Å². The van der Waals surface area contributed by atoms with Crippen molar-refractivity contribution < 1.29 is 0 Å². The van der Waals surface area contributed by atoms with Crippen LogP contribution in [-0.4, -0.2) is 24.7 Å². The highest BCUT2D eigenvalue weighted by atomic mass is 32.2. The fourth-order valence-corrected chi connectivity index (χ4v) is 5.19. The van der Waals surface area contributed by atoms with E-state index in [1.54, 1.807) is 11.3 Å². The van der Waals surface area contributed by atoms with Gasteiger partial charge in [-0.3, -0.25) is 9.36 Å². The van der Waals surface area contributed by atoms with Crippen molar-refractivity contribution in [1.29, 1.82) is 0 Å². The molecule has 0 bridgehead atoms. The van der Waals surface area contributed by atoms with Crippen LogP contribution in [0.1, 0.15) is 39.8 Å². The van der Waals surface area contributed by atoms with Gasteiger partial charge < -0.3 is 4.98 Å². The summed E-state index contributed by atoms with van der Waals surface area (Å²) in [6.45, 7) is 10.0. The van der Waals surface area contributed by atoms with Gasteiger partial charge in [-0.05, 0) is 51.8 Å². The molecule has 4 aromatic rings. The lowest BCUT2D eigenvalue weighted by Crippen LogP contribution is -2.13. The third kappa shape index (κ3) is 3.16. The molecule has 1 aromatic carbocycles. The molecule has 0 aliphatic carbocycles. The van der Waals surface area contributed by atoms with Crippen LogP contribution in [0.15, 0.2) is 34.2 Å². The van der Waals surface area contributed by atoms with Gasteiger partial charge in [0.05, 0.1) is 16.3 Å². The number of thiophene rings is 1. The molecule has 0 radical (unpaired) electrons. The summed E-state index contributed by atoms with van der Waals surface area (Å²) in [6.07, 6.45) is 0. The first-order chi connectivity index (χ1) is 13.4. The molecule has 0 amide bonds. The van der Waals surface area contributed by atoms with E-state index in [2.05, 4.69) is 34.2 Å². The zero-order chi connectivity index (χ0) is 20.0. The molecule has 6 nitrogen and oxygen atoms in total. The summed E-state index contributed by atoms with van der Waals surface area (Å²) >= 11 is 3.10. The minimum Gasteiger partial charge on any atom is -0.309 e. The maximum absolute atomic E-state index is 12.6. The summed E-state index contributed by atoms with van der Waals surface area (Å²) < 4.78 is 2.05. The Morgan fingerprint density at radius 2 is 1.89 bits per heavy atom. The summed E-state index contributed by atoms with van der Waals surface area (Å²) in [5.74, 6) is 1.48. The number of rotatable bonds is 4. The number of thioether (sulfide) groups is 1. The van der Waals surface area contributed by atoms with Gasteiger partial charge >= 0.3 is 0 Å². The van der Waals surface area contributed by atoms with Crippen LogP contribution in [-0.2, 0) is 0 Å². The molecule has 28 heavy (non-hydrogen) atoms. The highest BCUT2D eigenvalue weighted by Crippen LogP contribution is 2.35. The summed E-state index contributed by atoms with van der Waals surface area (Å²) in [5, 5.41) is 10.0. The Hall–Kier alpha value is -2.45. The van der Waals surface area contributed by atoms with E-state index in [1.807, 2.05) is 44.4 Å². The van der Waals surface area contributed by atoms with E-state index in [0.717, 1.165) is 37.5 Å². The monoisotopic (exact) mass is 411 g/mol. The quantitative estimate of drug-likeness (QED) is 0.495. The van der Waals surface area contributed by atoms with Gasteiger partial charge in [-0.1, -0.05) is 30.0 Å². The summed E-state index contributed by atoms with van der Waals surface area (Å²) in [4.78, 5) is 22.2. The zero-order valence-electron chi connectivity index (χ0n) is 16.4. The van der Waals surface area contributed by atoms with Gasteiger partial charge in [0.15, 0.2) is 5.16 Å². The van der Waals surface area contributed by atoms with Crippen molar-refractivity contribution in [3.8, 4) is 5.69 Å². The van der Waals surface area contributed by atoms with Gasteiger partial charge in [-0.25, -0.2) is 4.98 Å². The predicted molar refractivity (Wildman–Crippen MR) is 115 cm³/mol. The normalized spacial score (nSPS) is 12.6. The maximum Gasteiger partial charge on any atom is 0.259 e. The van der Waals surface area contributed by atoms with Crippen LogP contribution in [0, 0.1) is 27.7 Å². The Labute approximate surface area is 171 Å². The number of aromatic nitrogens is 5. The Bertz CT molecular complexity index is 1240. The molecule has 0 saturated carbocycles. The predicted octanol–water partition coefficient (Wildman–Crippen LogP) is 4.65. The van der Waals surface area contributed by atoms with E-state index in [-0.39, 0.29) is 10.8 Å². The summed E-state index contributed by atoms with van der Waals surface area (Å²) in [5.41, 5.74) is 3.14. The number of nitrogens with zero attached hydrogens (tertiary/aromatic N) is 4. The number of fused-ring (bicyclic) bond motifs is 1.